The van der Waals surface area contributed by atoms with Crippen molar-refractivity contribution in [2.45, 2.75) is 4.90 Å². The van der Waals surface area contributed by atoms with Crippen LogP contribution in [0.15, 0.2) is 21.6 Å². The molecule has 0 saturated carbocycles. The lowest BCUT2D eigenvalue weighted by Gasteiger charge is -1.92. The molecule has 3 nitrogen and oxygen atoms in total. The van der Waals surface area contributed by atoms with Crippen molar-refractivity contribution < 1.29 is 13.9 Å². The number of methoxy groups -OCH3 is 1. The fourth-order valence-corrected chi connectivity index (χ4v) is 0.753. The van der Waals surface area contributed by atoms with Gasteiger partial charge in [0, 0.05) is 0 Å². The first-order chi connectivity index (χ1) is 4.75. The van der Waals surface area contributed by atoms with Crippen molar-refractivity contribution >= 4 is 18.6 Å². The minimum absolute atomic E-state index is 0.144. The smallest absolute Gasteiger partial charge is 0.375 e. The standard InChI is InChI=1S/C6H6O3S/c1-8-6(7)5-4(10)2-3-9-5/h2-3,10H,1H3. The van der Waals surface area contributed by atoms with Crippen molar-refractivity contribution in [2.75, 3.05) is 7.11 Å². The number of hydrogen-bond acceptors (Lipinski definition) is 4. The van der Waals surface area contributed by atoms with E-state index in [2.05, 4.69) is 17.4 Å². The topological polar surface area (TPSA) is 39.4 Å². The molecule has 0 amide bonds. The van der Waals surface area contributed by atoms with E-state index in [0.29, 0.717) is 4.90 Å². The van der Waals surface area contributed by atoms with Gasteiger partial charge >= 0.3 is 5.97 Å². The van der Waals surface area contributed by atoms with Crippen molar-refractivity contribution in [3.8, 4) is 0 Å². The highest BCUT2D eigenvalue weighted by Gasteiger charge is 2.12. The maximum absolute atomic E-state index is 10.7. The van der Waals surface area contributed by atoms with Crippen molar-refractivity contribution in [1.82, 2.24) is 0 Å². The molecule has 54 valence electrons. The zero-order valence-corrected chi connectivity index (χ0v) is 6.22. The molecule has 0 aliphatic rings. The maximum Gasteiger partial charge on any atom is 0.375 e. The molecule has 0 N–H and O–H groups in total. The summed E-state index contributed by atoms with van der Waals surface area (Å²) >= 11 is 3.95. The van der Waals surface area contributed by atoms with Crippen LogP contribution in [0.4, 0.5) is 0 Å². The first-order valence-corrected chi connectivity index (χ1v) is 3.05. The summed E-state index contributed by atoms with van der Waals surface area (Å²) in [6.45, 7) is 0. The second kappa shape index (κ2) is 2.79. The molecule has 0 aromatic carbocycles. The first kappa shape index (κ1) is 7.21. The molecule has 0 aliphatic carbocycles. The molecule has 1 rings (SSSR count). The molecule has 4 heteroatoms. The summed E-state index contributed by atoms with van der Waals surface area (Å²) in [4.78, 5) is 11.2. The lowest BCUT2D eigenvalue weighted by Crippen LogP contribution is -1.99. The Hall–Kier alpha value is -0.900. The molecule has 0 fully saturated rings. The summed E-state index contributed by atoms with van der Waals surface area (Å²) in [6.07, 6.45) is 1.38. The third-order valence-electron chi connectivity index (χ3n) is 1.02. The number of rotatable bonds is 1. The first-order valence-electron chi connectivity index (χ1n) is 2.60. The van der Waals surface area contributed by atoms with Crippen LogP contribution in [0.2, 0.25) is 0 Å². The Morgan fingerprint density at radius 2 is 2.50 bits per heavy atom. The number of ether oxygens (including phenoxy) is 1. The second-order valence-electron chi connectivity index (χ2n) is 1.63. The average molecular weight is 158 g/mol. The Balaban J connectivity index is 2.93. The third-order valence-corrected chi connectivity index (χ3v) is 1.37. The highest BCUT2D eigenvalue weighted by molar-refractivity contribution is 7.80. The molecule has 1 aromatic heterocycles. The second-order valence-corrected chi connectivity index (χ2v) is 2.11. The Morgan fingerprint density at radius 1 is 1.80 bits per heavy atom. The van der Waals surface area contributed by atoms with Crippen molar-refractivity contribution in [3.05, 3.63) is 18.1 Å². The van der Waals surface area contributed by atoms with E-state index in [1.165, 1.54) is 13.4 Å². The summed E-state index contributed by atoms with van der Waals surface area (Å²) in [5.41, 5.74) is 0. The largest absolute Gasteiger partial charge is 0.463 e. The molecule has 0 radical (unpaired) electrons. The monoisotopic (exact) mass is 158 g/mol. The molecule has 10 heavy (non-hydrogen) atoms. The van der Waals surface area contributed by atoms with Gasteiger partial charge in [-0.1, -0.05) is 0 Å². The molecular weight excluding hydrogens is 152 g/mol. The van der Waals surface area contributed by atoms with Crippen LogP contribution in [0.3, 0.4) is 0 Å². The predicted molar refractivity (Wildman–Crippen MR) is 37.3 cm³/mol. The van der Waals surface area contributed by atoms with E-state index in [4.69, 9.17) is 4.42 Å². The van der Waals surface area contributed by atoms with Gasteiger partial charge in [-0.15, -0.1) is 12.6 Å². The number of carbonyl (C=O) groups excluding carboxylic acids is 1. The van der Waals surface area contributed by atoms with Crippen LogP contribution in [0.1, 0.15) is 10.6 Å². The fraction of sp³-hybridized carbons (Fsp3) is 0.167. The predicted octanol–water partition coefficient (Wildman–Crippen LogP) is 1.35. The van der Waals surface area contributed by atoms with E-state index in [-0.39, 0.29) is 5.76 Å². The molecule has 1 heterocycles. The number of furan rings is 1. The Morgan fingerprint density at radius 3 is 2.90 bits per heavy atom. The molecule has 0 unspecified atom stereocenters. The van der Waals surface area contributed by atoms with E-state index in [0.717, 1.165) is 0 Å². The molecule has 0 aliphatic heterocycles. The van der Waals surface area contributed by atoms with Crippen LogP contribution >= 0.6 is 12.6 Å². The SMILES string of the molecule is COC(=O)c1occc1S. The summed E-state index contributed by atoms with van der Waals surface area (Å²) < 4.78 is 9.16. The van der Waals surface area contributed by atoms with Gasteiger partial charge in [-0.25, -0.2) is 4.79 Å². The molecule has 1 aromatic rings. The normalized spacial score (nSPS) is 9.40. The molecule has 0 bridgehead atoms. The van der Waals surface area contributed by atoms with E-state index in [1.807, 2.05) is 0 Å². The highest BCUT2D eigenvalue weighted by atomic mass is 32.1. The van der Waals surface area contributed by atoms with Crippen molar-refractivity contribution in [1.29, 1.82) is 0 Å². The van der Waals surface area contributed by atoms with Gasteiger partial charge in [0.1, 0.15) is 0 Å². The lowest BCUT2D eigenvalue weighted by molar-refractivity contribution is 0.0560. The number of hydrogen-bond donors (Lipinski definition) is 1. The quantitative estimate of drug-likeness (QED) is 0.495. The summed E-state index contributed by atoms with van der Waals surface area (Å²) in [5, 5.41) is 0. The summed E-state index contributed by atoms with van der Waals surface area (Å²) in [6, 6.07) is 1.58. The van der Waals surface area contributed by atoms with Gasteiger partial charge in [-0.3, -0.25) is 0 Å². The summed E-state index contributed by atoms with van der Waals surface area (Å²) in [5.74, 6) is -0.360. The molecular formula is C6H6O3S. The van der Waals surface area contributed by atoms with E-state index < -0.39 is 5.97 Å². The van der Waals surface area contributed by atoms with Gasteiger partial charge in [0.25, 0.3) is 0 Å². The highest BCUT2D eigenvalue weighted by Crippen LogP contribution is 2.14. The van der Waals surface area contributed by atoms with Crippen molar-refractivity contribution in [3.63, 3.8) is 0 Å². The number of thiol groups is 1. The van der Waals surface area contributed by atoms with Gasteiger partial charge < -0.3 is 9.15 Å². The van der Waals surface area contributed by atoms with Gasteiger partial charge in [-0.05, 0) is 6.07 Å². The van der Waals surface area contributed by atoms with Gasteiger partial charge in [0.05, 0.1) is 18.3 Å². The van der Waals surface area contributed by atoms with Crippen LogP contribution in [0.5, 0.6) is 0 Å². The van der Waals surface area contributed by atoms with Gasteiger partial charge in [0.2, 0.25) is 5.76 Å². The number of esters is 1. The van der Waals surface area contributed by atoms with Crippen LogP contribution in [0, 0.1) is 0 Å². The minimum atomic E-state index is -0.505. The zero-order valence-electron chi connectivity index (χ0n) is 5.33. The van der Waals surface area contributed by atoms with E-state index in [9.17, 15) is 4.79 Å². The van der Waals surface area contributed by atoms with Crippen LogP contribution in [-0.4, -0.2) is 13.1 Å². The Labute approximate surface area is 63.4 Å². The van der Waals surface area contributed by atoms with Crippen LogP contribution < -0.4 is 0 Å². The Kier molecular flexibility index (Phi) is 2.01. The molecule has 0 spiro atoms. The Bertz CT molecular complexity index is 241. The minimum Gasteiger partial charge on any atom is -0.463 e. The van der Waals surface area contributed by atoms with E-state index in [1.54, 1.807) is 6.07 Å². The number of carbonyl (C=O) groups is 1. The lowest BCUT2D eigenvalue weighted by atomic mass is 10.4. The molecule has 0 atom stereocenters. The van der Waals surface area contributed by atoms with E-state index >= 15 is 0 Å². The third kappa shape index (κ3) is 1.16. The average Bonchev–Trinajstić information content (AvgIpc) is 2.34. The van der Waals surface area contributed by atoms with Crippen LogP contribution in [-0.2, 0) is 4.74 Å². The molecule has 0 saturated heterocycles. The van der Waals surface area contributed by atoms with Gasteiger partial charge in [-0.2, -0.15) is 0 Å². The van der Waals surface area contributed by atoms with Crippen molar-refractivity contribution in [2.24, 2.45) is 0 Å². The fourth-order valence-electron chi connectivity index (χ4n) is 0.548. The maximum atomic E-state index is 10.7. The van der Waals surface area contributed by atoms with Gasteiger partial charge in [0.15, 0.2) is 0 Å². The summed E-state index contributed by atoms with van der Waals surface area (Å²) in [7, 11) is 1.29. The van der Waals surface area contributed by atoms with Crippen LogP contribution in [0.25, 0.3) is 0 Å². The zero-order chi connectivity index (χ0) is 7.56.